The molecule has 0 radical (unpaired) electrons. The lowest BCUT2D eigenvalue weighted by molar-refractivity contribution is 0.0600. The molecule has 0 saturated carbocycles. The number of nitrogens with zero attached hydrogens (tertiary/aromatic N) is 1. The van der Waals surface area contributed by atoms with Gasteiger partial charge in [-0.15, -0.1) is 12.6 Å². The van der Waals surface area contributed by atoms with Gasteiger partial charge in [0.25, 0.3) is 0 Å². The van der Waals surface area contributed by atoms with Crippen molar-refractivity contribution >= 4 is 18.6 Å². The average Bonchev–Trinajstić information content (AvgIpc) is 2.17. The lowest BCUT2D eigenvalue weighted by Crippen LogP contribution is -2.01. The molecule has 0 aliphatic heterocycles. The zero-order valence-corrected chi connectivity index (χ0v) is 7.84. The fourth-order valence-electron chi connectivity index (χ4n) is 0.870. The van der Waals surface area contributed by atoms with Crippen LogP contribution in [-0.2, 0) is 4.74 Å². The number of nitriles is 1. The predicted molar refractivity (Wildman–Crippen MR) is 49.7 cm³/mol. The van der Waals surface area contributed by atoms with Gasteiger partial charge >= 0.3 is 5.97 Å². The van der Waals surface area contributed by atoms with Gasteiger partial charge in [0.15, 0.2) is 0 Å². The number of carbonyl (C=O) groups is 1. The van der Waals surface area contributed by atoms with Crippen LogP contribution >= 0.6 is 12.6 Å². The highest BCUT2D eigenvalue weighted by Gasteiger charge is 2.07. The first-order chi connectivity index (χ1) is 6.19. The monoisotopic (exact) mass is 193 g/mol. The number of thiol groups is 1. The summed E-state index contributed by atoms with van der Waals surface area (Å²) < 4.78 is 4.50. The summed E-state index contributed by atoms with van der Waals surface area (Å²) in [6.45, 7) is 0. The zero-order chi connectivity index (χ0) is 9.84. The summed E-state index contributed by atoms with van der Waals surface area (Å²) in [6.07, 6.45) is 0. The average molecular weight is 193 g/mol. The molecule has 0 aromatic heterocycles. The van der Waals surface area contributed by atoms with Crippen molar-refractivity contribution in [2.24, 2.45) is 0 Å². The van der Waals surface area contributed by atoms with E-state index in [0.29, 0.717) is 16.0 Å². The Morgan fingerprint density at radius 3 is 2.85 bits per heavy atom. The minimum absolute atomic E-state index is 0.358. The Kier molecular flexibility index (Phi) is 2.93. The summed E-state index contributed by atoms with van der Waals surface area (Å²) in [7, 11) is 1.29. The van der Waals surface area contributed by atoms with Crippen molar-refractivity contribution in [3.63, 3.8) is 0 Å². The number of ether oxygens (including phenoxy) is 1. The maximum atomic E-state index is 11.0. The zero-order valence-electron chi connectivity index (χ0n) is 6.94. The maximum Gasteiger partial charge on any atom is 0.337 e. The van der Waals surface area contributed by atoms with Crippen LogP contribution in [0.3, 0.4) is 0 Å². The van der Waals surface area contributed by atoms with Crippen LogP contribution in [-0.4, -0.2) is 13.1 Å². The number of hydrogen-bond acceptors (Lipinski definition) is 4. The standard InChI is InChI=1S/C9H7NO2S/c1-12-9(11)6-2-3-8(13)7(4-6)5-10/h2-4,13H,1H3. The quantitative estimate of drug-likeness (QED) is 0.544. The molecule has 0 saturated heterocycles. The SMILES string of the molecule is COC(=O)c1ccc(S)c(C#N)c1. The largest absolute Gasteiger partial charge is 0.465 e. The molecule has 0 unspecified atom stereocenters. The van der Waals surface area contributed by atoms with E-state index in [2.05, 4.69) is 17.4 Å². The van der Waals surface area contributed by atoms with Gasteiger partial charge in [0.2, 0.25) is 0 Å². The lowest BCUT2D eigenvalue weighted by Gasteiger charge is -2.00. The van der Waals surface area contributed by atoms with Gasteiger partial charge in [-0.05, 0) is 18.2 Å². The second kappa shape index (κ2) is 3.97. The molecule has 0 atom stereocenters. The molecule has 1 aromatic carbocycles. The molecule has 66 valence electrons. The molecule has 4 heteroatoms. The number of benzene rings is 1. The molecule has 0 aliphatic rings. The Balaban J connectivity index is 3.15. The summed E-state index contributed by atoms with van der Waals surface area (Å²) in [5.74, 6) is -0.454. The predicted octanol–water partition coefficient (Wildman–Crippen LogP) is 1.63. The Morgan fingerprint density at radius 1 is 1.62 bits per heavy atom. The third-order valence-electron chi connectivity index (χ3n) is 1.54. The Morgan fingerprint density at radius 2 is 2.31 bits per heavy atom. The molecule has 1 rings (SSSR count). The first-order valence-corrected chi connectivity index (χ1v) is 3.95. The van der Waals surface area contributed by atoms with E-state index >= 15 is 0 Å². The summed E-state index contributed by atoms with van der Waals surface area (Å²) in [6, 6.07) is 6.54. The number of methoxy groups -OCH3 is 1. The highest BCUT2D eigenvalue weighted by molar-refractivity contribution is 7.80. The van der Waals surface area contributed by atoms with Crippen molar-refractivity contribution in [2.75, 3.05) is 7.11 Å². The van der Waals surface area contributed by atoms with Crippen molar-refractivity contribution in [1.82, 2.24) is 0 Å². The fraction of sp³-hybridized carbons (Fsp3) is 0.111. The number of hydrogen-bond donors (Lipinski definition) is 1. The minimum Gasteiger partial charge on any atom is -0.465 e. The van der Waals surface area contributed by atoms with Crippen LogP contribution in [0.5, 0.6) is 0 Å². The van der Waals surface area contributed by atoms with Gasteiger partial charge in [-0.1, -0.05) is 0 Å². The molecular formula is C9H7NO2S. The van der Waals surface area contributed by atoms with Crippen LogP contribution in [0.25, 0.3) is 0 Å². The molecule has 0 heterocycles. The Labute approximate surface area is 81.3 Å². The van der Waals surface area contributed by atoms with Crippen LogP contribution in [0, 0.1) is 11.3 Å². The molecule has 0 amide bonds. The first kappa shape index (κ1) is 9.62. The summed E-state index contributed by atoms with van der Waals surface area (Å²) in [4.78, 5) is 11.6. The topological polar surface area (TPSA) is 50.1 Å². The van der Waals surface area contributed by atoms with E-state index in [1.165, 1.54) is 13.2 Å². The number of esters is 1. The third-order valence-corrected chi connectivity index (χ3v) is 1.93. The third kappa shape index (κ3) is 2.01. The molecule has 0 aliphatic carbocycles. The Bertz CT molecular complexity index is 382. The van der Waals surface area contributed by atoms with Gasteiger partial charge in [0.1, 0.15) is 6.07 Å². The molecule has 3 nitrogen and oxygen atoms in total. The van der Waals surface area contributed by atoms with Gasteiger partial charge in [-0.2, -0.15) is 5.26 Å². The van der Waals surface area contributed by atoms with E-state index in [-0.39, 0.29) is 0 Å². The minimum atomic E-state index is -0.454. The van der Waals surface area contributed by atoms with E-state index in [4.69, 9.17) is 5.26 Å². The molecule has 0 fully saturated rings. The smallest absolute Gasteiger partial charge is 0.337 e. The van der Waals surface area contributed by atoms with Crippen LogP contribution in [0.15, 0.2) is 23.1 Å². The van der Waals surface area contributed by atoms with Crippen LogP contribution in [0.4, 0.5) is 0 Å². The van der Waals surface area contributed by atoms with E-state index in [1.807, 2.05) is 6.07 Å². The Hall–Kier alpha value is -1.47. The van der Waals surface area contributed by atoms with Crippen molar-refractivity contribution in [2.45, 2.75) is 4.90 Å². The number of rotatable bonds is 1. The highest BCUT2D eigenvalue weighted by Crippen LogP contribution is 2.15. The van der Waals surface area contributed by atoms with Gasteiger partial charge in [0, 0.05) is 4.90 Å². The van der Waals surface area contributed by atoms with Crippen molar-refractivity contribution in [3.8, 4) is 6.07 Å². The van der Waals surface area contributed by atoms with Crippen LogP contribution < -0.4 is 0 Å². The van der Waals surface area contributed by atoms with Gasteiger partial charge in [-0.3, -0.25) is 0 Å². The molecule has 0 N–H and O–H groups in total. The summed E-state index contributed by atoms with van der Waals surface area (Å²) >= 11 is 4.05. The van der Waals surface area contributed by atoms with E-state index in [1.54, 1.807) is 12.1 Å². The second-order valence-corrected chi connectivity index (χ2v) is 2.82. The summed E-state index contributed by atoms with van der Waals surface area (Å²) in [5, 5.41) is 8.65. The maximum absolute atomic E-state index is 11.0. The number of carbonyl (C=O) groups excluding carboxylic acids is 1. The van der Waals surface area contributed by atoms with Crippen LogP contribution in [0.1, 0.15) is 15.9 Å². The van der Waals surface area contributed by atoms with Gasteiger partial charge < -0.3 is 4.74 Å². The fourth-order valence-corrected chi connectivity index (χ4v) is 1.06. The van der Waals surface area contributed by atoms with Gasteiger partial charge in [0.05, 0.1) is 18.2 Å². The molecule has 1 aromatic rings. The van der Waals surface area contributed by atoms with Crippen molar-refractivity contribution in [3.05, 3.63) is 29.3 Å². The molecular weight excluding hydrogens is 186 g/mol. The molecule has 0 bridgehead atoms. The van der Waals surface area contributed by atoms with Gasteiger partial charge in [-0.25, -0.2) is 4.79 Å². The normalized spacial score (nSPS) is 9.00. The van der Waals surface area contributed by atoms with Crippen LogP contribution in [0.2, 0.25) is 0 Å². The molecule has 0 spiro atoms. The second-order valence-electron chi connectivity index (χ2n) is 2.34. The first-order valence-electron chi connectivity index (χ1n) is 3.50. The van der Waals surface area contributed by atoms with Crippen molar-refractivity contribution < 1.29 is 9.53 Å². The van der Waals surface area contributed by atoms with E-state index < -0.39 is 5.97 Å². The van der Waals surface area contributed by atoms with Crippen molar-refractivity contribution in [1.29, 1.82) is 5.26 Å². The molecule has 13 heavy (non-hydrogen) atoms. The lowest BCUT2D eigenvalue weighted by atomic mass is 10.1. The highest BCUT2D eigenvalue weighted by atomic mass is 32.1. The van der Waals surface area contributed by atoms with E-state index in [9.17, 15) is 4.79 Å². The van der Waals surface area contributed by atoms with E-state index in [0.717, 1.165) is 0 Å². The summed E-state index contributed by atoms with van der Waals surface area (Å²) in [5.41, 5.74) is 0.725.